The molecule has 2 rings (SSSR count). The third-order valence-corrected chi connectivity index (χ3v) is 4.48. The van der Waals surface area contributed by atoms with Crippen molar-refractivity contribution in [2.45, 2.75) is 4.34 Å². The first-order valence-corrected chi connectivity index (χ1v) is 7.59. The Kier molecular flexibility index (Phi) is 5.10. The van der Waals surface area contributed by atoms with E-state index in [2.05, 4.69) is 15.5 Å². The average molecular weight is 348 g/mol. The molecule has 2 aromatic rings. The molecule has 110 valence electrons. The summed E-state index contributed by atoms with van der Waals surface area (Å²) in [5, 5.41) is 18.3. The lowest BCUT2D eigenvalue weighted by Gasteiger charge is -2.03. The normalized spacial score (nSPS) is 10.4. The van der Waals surface area contributed by atoms with Crippen molar-refractivity contribution in [1.82, 2.24) is 10.2 Å². The van der Waals surface area contributed by atoms with Crippen molar-refractivity contribution in [2.75, 3.05) is 11.1 Å². The molecule has 0 aliphatic rings. The van der Waals surface area contributed by atoms with Gasteiger partial charge in [0.05, 0.1) is 16.3 Å². The predicted molar refractivity (Wildman–Crippen MR) is 77.6 cm³/mol. The molecule has 21 heavy (non-hydrogen) atoms. The lowest BCUT2D eigenvalue weighted by atomic mass is 10.2. The minimum atomic E-state index is -0.979. The van der Waals surface area contributed by atoms with Gasteiger partial charge >= 0.3 is 5.97 Å². The maximum absolute atomic E-state index is 13.3. The van der Waals surface area contributed by atoms with E-state index in [0.717, 1.165) is 29.2 Å². The number of aliphatic carboxylic acids is 1. The van der Waals surface area contributed by atoms with Gasteiger partial charge in [-0.1, -0.05) is 40.8 Å². The summed E-state index contributed by atoms with van der Waals surface area (Å²) < 4.78 is 13.7. The van der Waals surface area contributed by atoms with Gasteiger partial charge in [-0.15, -0.1) is 10.2 Å². The zero-order chi connectivity index (χ0) is 15.4. The van der Waals surface area contributed by atoms with Gasteiger partial charge in [0, 0.05) is 0 Å². The van der Waals surface area contributed by atoms with Crippen molar-refractivity contribution in [3.8, 4) is 0 Å². The van der Waals surface area contributed by atoms with E-state index in [4.69, 9.17) is 16.7 Å². The number of carboxylic acid groups (broad SMARTS) is 1. The first kappa shape index (κ1) is 15.7. The van der Waals surface area contributed by atoms with Gasteiger partial charge in [-0.05, 0) is 12.1 Å². The number of thioether (sulfide) groups is 1. The lowest BCUT2D eigenvalue weighted by molar-refractivity contribution is -0.133. The Hall–Kier alpha value is -1.71. The third kappa shape index (κ3) is 4.13. The highest BCUT2D eigenvalue weighted by molar-refractivity contribution is 8.01. The van der Waals surface area contributed by atoms with Crippen molar-refractivity contribution in [3.63, 3.8) is 0 Å². The minimum Gasteiger partial charge on any atom is -0.481 e. The van der Waals surface area contributed by atoms with Crippen LogP contribution in [0.4, 0.5) is 9.52 Å². The van der Waals surface area contributed by atoms with Gasteiger partial charge in [-0.25, -0.2) is 4.39 Å². The Morgan fingerprint density at radius 2 is 2.19 bits per heavy atom. The zero-order valence-electron chi connectivity index (χ0n) is 10.2. The first-order chi connectivity index (χ1) is 9.97. The molecule has 6 nitrogen and oxygen atoms in total. The second-order valence-electron chi connectivity index (χ2n) is 3.61. The molecule has 0 spiro atoms. The van der Waals surface area contributed by atoms with Gasteiger partial charge in [0.2, 0.25) is 5.13 Å². The van der Waals surface area contributed by atoms with E-state index >= 15 is 0 Å². The Balaban J connectivity index is 2.06. The van der Waals surface area contributed by atoms with Gasteiger partial charge in [-0.3, -0.25) is 14.9 Å². The number of anilines is 1. The Morgan fingerprint density at radius 1 is 1.43 bits per heavy atom. The molecule has 0 aliphatic carbocycles. The first-order valence-electron chi connectivity index (χ1n) is 5.41. The number of amides is 1. The van der Waals surface area contributed by atoms with Crippen molar-refractivity contribution < 1.29 is 19.1 Å². The summed E-state index contributed by atoms with van der Waals surface area (Å²) in [5.74, 6) is -2.45. The number of aromatic nitrogens is 2. The number of carbonyl (C=O) groups is 2. The summed E-state index contributed by atoms with van der Waals surface area (Å²) in [4.78, 5) is 22.4. The number of hydrogen-bond acceptors (Lipinski definition) is 6. The van der Waals surface area contributed by atoms with E-state index in [9.17, 15) is 14.0 Å². The number of nitrogens with one attached hydrogen (secondary N) is 1. The van der Waals surface area contributed by atoms with Crippen LogP contribution < -0.4 is 5.32 Å². The SMILES string of the molecule is O=C(O)CSc1nnc(NC(=O)c2cccc(F)c2Cl)s1. The van der Waals surface area contributed by atoms with Crippen molar-refractivity contribution >= 4 is 51.7 Å². The molecule has 0 fully saturated rings. The summed E-state index contributed by atoms with van der Waals surface area (Å²) in [7, 11) is 0. The number of benzene rings is 1. The van der Waals surface area contributed by atoms with Crippen LogP contribution in [0.1, 0.15) is 10.4 Å². The molecule has 1 aromatic heterocycles. The van der Waals surface area contributed by atoms with E-state index in [-0.39, 0.29) is 21.5 Å². The molecule has 1 aromatic carbocycles. The van der Waals surface area contributed by atoms with E-state index in [1.165, 1.54) is 12.1 Å². The summed E-state index contributed by atoms with van der Waals surface area (Å²) in [5.41, 5.74) is -0.0217. The van der Waals surface area contributed by atoms with Crippen LogP contribution in [-0.2, 0) is 4.79 Å². The standard InChI is InChI=1S/C11H7ClFN3O3S2/c12-8-5(2-1-3-6(8)13)9(19)14-10-15-16-11(21-10)20-4-7(17)18/h1-3H,4H2,(H,17,18)(H,14,15,19). The summed E-state index contributed by atoms with van der Waals surface area (Å²) in [6.07, 6.45) is 0. The Bertz CT molecular complexity index is 695. The van der Waals surface area contributed by atoms with Gasteiger partial charge < -0.3 is 5.11 Å². The number of carbonyl (C=O) groups excluding carboxylic acids is 1. The topological polar surface area (TPSA) is 92.2 Å². The molecule has 1 amide bonds. The van der Waals surface area contributed by atoms with Gasteiger partial charge in [0.25, 0.3) is 5.91 Å². The summed E-state index contributed by atoms with van der Waals surface area (Å²) in [6.45, 7) is 0. The molecule has 0 unspecified atom stereocenters. The average Bonchev–Trinajstić information content (AvgIpc) is 2.87. The van der Waals surface area contributed by atoms with Gasteiger partial charge in [0.1, 0.15) is 5.82 Å². The Morgan fingerprint density at radius 3 is 2.90 bits per heavy atom. The lowest BCUT2D eigenvalue weighted by Crippen LogP contribution is -2.12. The van der Waals surface area contributed by atoms with Crippen molar-refractivity contribution in [2.24, 2.45) is 0 Å². The number of nitrogens with zero attached hydrogens (tertiary/aromatic N) is 2. The van der Waals surface area contributed by atoms with E-state index in [1.807, 2.05) is 0 Å². The maximum atomic E-state index is 13.3. The molecule has 0 atom stereocenters. The van der Waals surface area contributed by atoms with Crippen LogP contribution >= 0.6 is 34.7 Å². The molecule has 0 aliphatic heterocycles. The molecule has 10 heteroatoms. The van der Waals surface area contributed by atoms with Crippen molar-refractivity contribution in [3.05, 3.63) is 34.6 Å². The molecule has 0 saturated carbocycles. The van der Waals surface area contributed by atoms with E-state index in [0.29, 0.717) is 4.34 Å². The number of hydrogen-bond donors (Lipinski definition) is 2. The predicted octanol–water partition coefficient (Wildman–Crippen LogP) is 2.76. The Labute approximate surface area is 131 Å². The monoisotopic (exact) mass is 347 g/mol. The van der Waals surface area contributed by atoms with Crippen LogP contribution in [0.5, 0.6) is 0 Å². The van der Waals surface area contributed by atoms with Gasteiger partial charge in [0.15, 0.2) is 4.34 Å². The van der Waals surface area contributed by atoms with Crippen LogP contribution in [0.2, 0.25) is 5.02 Å². The van der Waals surface area contributed by atoms with E-state index in [1.54, 1.807) is 0 Å². The largest absolute Gasteiger partial charge is 0.481 e. The maximum Gasteiger partial charge on any atom is 0.313 e. The highest BCUT2D eigenvalue weighted by Gasteiger charge is 2.16. The fourth-order valence-corrected chi connectivity index (χ4v) is 2.96. The van der Waals surface area contributed by atoms with Crippen LogP contribution in [0, 0.1) is 5.82 Å². The minimum absolute atomic E-state index is 0.0217. The highest BCUT2D eigenvalue weighted by Crippen LogP contribution is 2.26. The molecule has 0 saturated heterocycles. The number of rotatable bonds is 5. The quantitative estimate of drug-likeness (QED) is 0.638. The number of halogens is 2. The number of carboxylic acids is 1. The fourth-order valence-electron chi connectivity index (χ4n) is 1.29. The molecule has 1 heterocycles. The summed E-state index contributed by atoms with van der Waals surface area (Å²) in [6, 6.07) is 3.89. The van der Waals surface area contributed by atoms with Crippen LogP contribution in [0.15, 0.2) is 22.5 Å². The summed E-state index contributed by atoms with van der Waals surface area (Å²) >= 11 is 7.71. The molecular weight excluding hydrogens is 341 g/mol. The molecule has 0 bridgehead atoms. The zero-order valence-corrected chi connectivity index (χ0v) is 12.6. The van der Waals surface area contributed by atoms with Crippen LogP contribution in [0.3, 0.4) is 0 Å². The third-order valence-electron chi connectivity index (χ3n) is 2.14. The van der Waals surface area contributed by atoms with Crippen molar-refractivity contribution in [1.29, 1.82) is 0 Å². The van der Waals surface area contributed by atoms with E-state index < -0.39 is 17.7 Å². The fraction of sp³-hybridized carbons (Fsp3) is 0.0909. The smallest absolute Gasteiger partial charge is 0.313 e. The van der Waals surface area contributed by atoms with Gasteiger partial charge in [-0.2, -0.15) is 0 Å². The van der Waals surface area contributed by atoms with Crippen LogP contribution in [-0.4, -0.2) is 32.9 Å². The second-order valence-corrected chi connectivity index (χ2v) is 6.19. The molecule has 0 radical (unpaired) electrons. The molecular formula is C11H7ClFN3O3S2. The molecule has 2 N–H and O–H groups in total. The highest BCUT2D eigenvalue weighted by atomic mass is 35.5. The van der Waals surface area contributed by atoms with Crippen LogP contribution in [0.25, 0.3) is 0 Å². The second kappa shape index (κ2) is 6.83.